The fourth-order valence-electron chi connectivity index (χ4n) is 6.86. The molecule has 0 aliphatic heterocycles. The van der Waals surface area contributed by atoms with E-state index in [0.29, 0.717) is 18.3 Å². The zero-order chi connectivity index (χ0) is 18.0. The van der Waals surface area contributed by atoms with Crippen molar-refractivity contribution in [2.24, 2.45) is 28.6 Å². The Labute approximate surface area is 149 Å². The number of carbonyl (C=O) groups is 1. The van der Waals surface area contributed by atoms with Gasteiger partial charge in [0.1, 0.15) is 6.61 Å². The van der Waals surface area contributed by atoms with Crippen molar-refractivity contribution in [3.63, 3.8) is 0 Å². The minimum Gasteiger partial charge on any atom is -0.393 e. The highest BCUT2D eigenvalue weighted by atomic mass is 16.3. The minimum absolute atomic E-state index is 0.0351. The molecule has 4 heteroatoms. The zero-order valence-electron chi connectivity index (χ0n) is 15.2. The summed E-state index contributed by atoms with van der Waals surface area (Å²) in [5.74, 6) is 0.732. The molecule has 2 unspecified atom stereocenters. The standard InChI is InChI=1S/C21H30O4/c1-20-8-7-13(23)9-12(20)3-4-14-15-5-6-16(18(25)11-22)21(15,2)10-17(24)19(14)20/h3,6,13-15,17,19,22-24H,4-5,7-11H2,1-2H3/t13?,14-,15-,17?,19+,20-,21-/m0/s1. The van der Waals surface area contributed by atoms with Gasteiger partial charge in [0.05, 0.1) is 12.2 Å². The summed E-state index contributed by atoms with van der Waals surface area (Å²) in [4.78, 5) is 12.2. The average molecular weight is 346 g/mol. The van der Waals surface area contributed by atoms with Crippen LogP contribution in [0.15, 0.2) is 23.3 Å². The molecule has 2 fully saturated rings. The number of aliphatic hydroxyl groups is 3. The van der Waals surface area contributed by atoms with E-state index in [1.165, 1.54) is 5.57 Å². The molecule has 0 aromatic carbocycles. The maximum Gasteiger partial charge on any atom is 0.184 e. The molecule has 7 atom stereocenters. The Bertz CT molecular complexity index is 650. The van der Waals surface area contributed by atoms with E-state index in [2.05, 4.69) is 19.9 Å². The Morgan fingerprint density at radius 2 is 1.96 bits per heavy atom. The lowest BCUT2D eigenvalue weighted by atomic mass is 9.46. The first-order chi connectivity index (χ1) is 11.8. The van der Waals surface area contributed by atoms with E-state index in [1.807, 2.05) is 6.08 Å². The third-order valence-electron chi connectivity index (χ3n) is 8.04. The van der Waals surface area contributed by atoms with Crippen LogP contribution in [0, 0.1) is 28.6 Å². The number of hydrogen-bond donors (Lipinski definition) is 3. The lowest BCUT2D eigenvalue weighted by Gasteiger charge is -2.59. The van der Waals surface area contributed by atoms with Gasteiger partial charge in [-0.05, 0) is 67.3 Å². The minimum atomic E-state index is -0.446. The van der Waals surface area contributed by atoms with Crippen molar-refractivity contribution in [1.29, 1.82) is 0 Å². The predicted octanol–water partition coefficient (Wildman–Crippen LogP) is 2.38. The van der Waals surface area contributed by atoms with Crippen LogP contribution in [0.1, 0.15) is 52.4 Å². The number of fused-ring (bicyclic) bond motifs is 5. The van der Waals surface area contributed by atoms with Crippen molar-refractivity contribution < 1.29 is 20.1 Å². The van der Waals surface area contributed by atoms with E-state index in [4.69, 9.17) is 0 Å². The third kappa shape index (κ3) is 2.34. The van der Waals surface area contributed by atoms with Crippen molar-refractivity contribution in [3.8, 4) is 0 Å². The molecule has 4 nitrogen and oxygen atoms in total. The normalized spacial score (nSPS) is 48.8. The second-order valence-corrected chi connectivity index (χ2v) is 9.20. The summed E-state index contributed by atoms with van der Waals surface area (Å²) in [6.45, 7) is 3.93. The smallest absolute Gasteiger partial charge is 0.184 e. The molecule has 0 saturated heterocycles. The van der Waals surface area contributed by atoms with Crippen LogP contribution < -0.4 is 0 Å². The summed E-state index contributed by atoms with van der Waals surface area (Å²) in [7, 11) is 0. The van der Waals surface area contributed by atoms with E-state index in [0.717, 1.165) is 37.7 Å². The van der Waals surface area contributed by atoms with E-state index in [-0.39, 0.29) is 28.6 Å². The molecular formula is C21H30O4. The SMILES string of the molecule is C[C@]12CCC(O)CC1=CC[C@@H]1[C@@H]2C(O)C[C@]2(C)C(C(=O)CO)=CC[C@@H]12. The molecule has 0 aromatic heterocycles. The highest BCUT2D eigenvalue weighted by molar-refractivity contribution is 5.98. The first kappa shape index (κ1) is 17.4. The van der Waals surface area contributed by atoms with Gasteiger partial charge in [0.2, 0.25) is 0 Å². The van der Waals surface area contributed by atoms with Crippen LogP contribution in [0.4, 0.5) is 0 Å². The maximum atomic E-state index is 12.2. The molecule has 0 spiro atoms. The Kier molecular flexibility index (Phi) is 4.02. The van der Waals surface area contributed by atoms with E-state index in [1.54, 1.807) is 0 Å². The van der Waals surface area contributed by atoms with Gasteiger partial charge >= 0.3 is 0 Å². The van der Waals surface area contributed by atoms with Gasteiger partial charge in [0, 0.05) is 5.41 Å². The molecule has 2 saturated carbocycles. The molecule has 0 bridgehead atoms. The van der Waals surface area contributed by atoms with Gasteiger partial charge in [-0.25, -0.2) is 0 Å². The predicted molar refractivity (Wildman–Crippen MR) is 94.7 cm³/mol. The number of hydrogen-bond acceptors (Lipinski definition) is 4. The molecule has 0 heterocycles. The molecular weight excluding hydrogens is 316 g/mol. The second kappa shape index (κ2) is 5.77. The Morgan fingerprint density at radius 3 is 2.68 bits per heavy atom. The number of ketones is 1. The van der Waals surface area contributed by atoms with Gasteiger partial charge in [-0.1, -0.05) is 31.6 Å². The van der Waals surface area contributed by atoms with E-state index >= 15 is 0 Å². The van der Waals surface area contributed by atoms with Crippen molar-refractivity contribution in [1.82, 2.24) is 0 Å². The van der Waals surface area contributed by atoms with Crippen molar-refractivity contribution >= 4 is 5.78 Å². The number of carbonyl (C=O) groups excluding carboxylic acids is 1. The van der Waals surface area contributed by atoms with E-state index < -0.39 is 12.7 Å². The second-order valence-electron chi connectivity index (χ2n) is 9.20. The molecule has 3 N–H and O–H groups in total. The highest BCUT2D eigenvalue weighted by Gasteiger charge is 2.60. The summed E-state index contributed by atoms with van der Waals surface area (Å²) in [6, 6.07) is 0. The Balaban J connectivity index is 1.70. The monoisotopic (exact) mass is 346 g/mol. The van der Waals surface area contributed by atoms with Crippen LogP contribution in [-0.4, -0.2) is 39.9 Å². The van der Waals surface area contributed by atoms with Gasteiger partial charge in [-0.15, -0.1) is 0 Å². The van der Waals surface area contributed by atoms with Crippen LogP contribution in [0.3, 0.4) is 0 Å². The Morgan fingerprint density at radius 1 is 1.20 bits per heavy atom. The third-order valence-corrected chi connectivity index (χ3v) is 8.04. The molecule has 138 valence electrons. The summed E-state index contributed by atoms with van der Waals surface area (Å²) in [5.41, 5.74) is 1.70. The number of aliphatic hydroxyl groups excluding tert-OH is 3. The summed E-state index contributed by atoms with van der Waals surface area (Å²) < 4.78 is 0. The first-order valence-electron chi connectivity index (χ1n) is 9.71. The quantitative estimate of drug-likeness (QED) is 0.671. The van der Waals surface area contributed by atoms with Gasteiger partial charge in [-0.2, -0.15) is 0 Å². The van der Waals surface area contributed by atoms with Gasteiger partial charge in [-0.3, -0.25) is 4.79 Å². The van der Waals surface area contributed by atoms with E-state index in [9.17, 15) is 20.1 Å². The highest BCUT2D eigenvalue weighted by Crippen LogP contribution is 2.64. The van der Waals surface area contributed by atoms with Crippen molar-refractivity contribution in [2.75, 3.05) is 6.61 Å². The van der Waals surface area contributed by atoms with Crippen LogP contribution in [0.25, 0.3) is 0 Å². The van der Waals surface area contributed by atoms with Crippen molar-refractivity contribution in [3.05, 3.63) is 23.3 Å². The molecule has 0 aromatic rings. The molecule has 25 heavy (non-hydrogen) atoms. The average Bonchev–Trinajstić information content (AvgIpc) is 2.91. The van der Waals surface area contributed by atoms with Gasteiger partial charge < -0.3 is 15.3 Å². The van der Waals surface area contributed by atoms with Crippen LogP contribution >= 0.6 is 0 Å². The molecule has 4 aliphatic carbocycles. The molecule has 0 radical (unpaired) electrons. The Hall–Kier alpha value is -0.970. The van der Waals surface area contributed by atoms with Crippen LogP contribution in [0.5, 0.6) is 0 Å². The van der Waals surface area contributed by atoms with Gasteiger partial charge in [0.15, 0.2) is 5.78 Å². The maximum absolute atomic E-state index is 12.2. The van der Waals surface area contributed by atoms with Crippen LogP contribution in [0.2, 0.25) is 0 Å². The fourth-order valence-corrected chi connectivity index (χ4v) is 6.86. The fraction of sp³-hybridized carbons (Fsp3) is 0.762. The first-order valence-corrected chi connectivity index (χ1v) is 9.71. The molecule has 0 amide bonds. The topological polar surface area (TPSA) is 77.8 Å². The summed E-state index contributed by atoms with van der Waals surface area (Å²) in [6.07, 6.45) is 8.50. The van der Waals surface area contributed by atoms with Crippen molar-refractivity contribution in [2.45, 2.75) is 64.6 Å². The molecule has 4 aliphatic rings. The lowest BCUT2D eigenvalue weighted by molar-refractivity contribution is -0.126. The number of Topliss-reactive ketones (excluding diaryl/α,β-unsaturated/α-hetero) is 1. The van der Waals surface area contributed by atoms with Crippen LogP contribution in [-0.2, 0) is 4.79 Å². The zero-order valence-corrected chi connectivity index (χ0v) is 15.2. The van der Waals surface area contributed by atoms with Gasteiger partial charge in [0.25, 0.3) is 0 Å². The lowest BCUT2D eigenvalue weighted by Crippen LogP contribution is -2.56. The summed E-state index contributed by atoms with van der Waals surface area (Å²) in [5, 5.41) is 30.6. The number of allylic oxidation sites excluding steroid dienone is 2. The molecule has 4 rings (SSSR count). The summed E-state index contributed by atoms with van der Waals surface area (Å²) >= 11 is 0. The number of rotatable bonds is 2. The largest absolute Gasteiger partial charge is 0.393 e.